The molecule has 2 rings (SSSR count). The summed E-state index contributed by atoms with van der Waals surface area (Å²) in [6.45, 7) is 0. The lowest BCUT2D eigenvalue weighted by Gasteiger charge is -2.04. The second-order valence-electron chi connectivity index (χ2n) is 3.16. The van der Waals surface area contributed by atoms with Crippen LogP contribution in [-0.4, -0.2) is 26.0 Å². The molecule has 0 aliphatic heterocycles. The molecule has 0 bridgehead atoms. The summed E-state index contributed by atoms with van der Waals surface area (Å²) in [4.78, 5) is 31.2. The third-order valence-electron chi connectivity index (χ3n) is 1.96. The van der Waals surface area contributed by atoms with E-state index >= 15 is 0 Å². The molecular formula is C10H8N4O3. The molecule has 1 heterocycles. The van der Waals surface area contributed by atoms with Gasteiger partial charge in [-0.1, -0.05) is 6.07 Å². The van der Waals surface area contributed by atoms with Gasteiger partial charge in [-0.15, -0.1) is 0 Å². The monoisotopic (exact) mass is 232 g/mol. The Morgan fingerprint density at radius 3 is 2.88 bits per heavy atom. The molecule has 3 N–H and O–H groups in total. The Bertz CT molecular complexity index is 608. The molecule has 0 radical (unpaired) electrons. The van der Waals surface area contributed by atoms with Crippen molar-refractivity contribution in [2.45, 2.75) is 0 Å². The second-order valence-corrected chi connectivity index (χ2v) is 3.16. The lowest BCUT2D eigenvalue weighted by molar-refractivity contribution is 0.0697. The van der Waals surface area contributed by atoms with Crippen molar-refractivity contribution in [3.63, 3.8) is 0 Å². The van der Waals surface area contributed by atoms with Gasteiger partial charge in [0.05, 0.1) is 5.56 Å². The van der Waals surface area contributed by atoms with Crippen LogP contribution in [-0.2, 0) is 0 Å². The number of hydrogen-bond acceptors (Lipinski definition) is 5. The first kappa shape index (κ1) is 10.8. The van der Waals surface area contributed by atoms with Gasteiger partial charge in [0.2, 0.25) is 5.95 Å². The zero-order valence-electron chi connectivity index (χ0n) is 8.54. The molecule has 0 aliphatic carbocycles. The van der Waals surface area contributed by atoms with Crippen LogP contribution < -0.4 is 11.0 Å². The minimum atomic E-state index is -1.02. The molecule has 0 fully saturated rings. The number of rotatable bonds is 3. The van der Waals surface area contributed by atoms with Gasteiger partial charge in [-0.3, -0.25) is 4.98 Å². The molecule has 0 unspecified atom stereocenters. The molecule has 86 valence electrons. The van der Waals surface area contributed by atoms with E-state index < -0.39 is 11.7 Å². The van der Waals surface area contributed by atoms with Crippen molar-refractivity contribution in [2.75, 3.05) is 5.32 Å². The summed E-state index contributed by atoms with van der Waals surface area (Å²) in [5.74, 6) is -0.822. The number of carboxylic acid groups (broad SMARTS) is 1. The summed E-state index contributed by atoms with van der Waals surface area (Å²) in [5.41, 5.74) is 0.127. The van der Waals surface area contributed by atoms with Crippen molar-refractivity contribution in [2.24, 2.45) is 0 Å². The van der Waals surface area contributed by atoms with Crippen LogP contribution in [0.25, 0.3) is 0 Å². The lowest BCUT2D eigenvalue weighted by atomic mass is 10.2. The van der Waals surface area contributed by atoms with Crippen molar-refractivity contribution in [1.29, 1.82) is 0 Å². The first-order valence-corrected chi connectivity index (χ1v) is 4.67. The molecule has 2 aromatic rings. The molecule has 7 nitrogen and oxygen atoms in total. The molecule has 0 aliphatic rings. The first-order valence-electron chi connectivity index (χ1n) is 4.67. The number of carbonyl (C=O) groups is 1. The average Bonchev–Trinajstić information content (AvgIpc) is 2.29. The van der Waals surface area contributed by atoms with Crippen LogP contribution in [0.2, 0.25) is 0 Å². The highest BCUT2D eigenvalue weighted by molar-refractivity contribution is 5.88. The van der Waals surface area contributed by atoms with E-state index in [0.717, 1.165) is 6.33 Å². The van der Waals surface area contributed by atoms with Crippen molar-refractivity contribution < 1.29 is 9.90 Å². The minimum absolute atomic E-state index is 0.145. The van der Waals surface area contributed by atoms with Gasteiger partial charge in [-0.05, 0) is 18.2 Å². The van der Waals surface area contributed by atoms with Gasteiger partial charge in [0.1, 0.15) is 6.33 Å². The third-order valence-corrected chi connectivity index (χ3v) is 1.96. The van der Waals surface area contributed by atoms with Gasteiger partial charge in [0.25, 0.3) is 0 Å². The zero-order chi connectivity index (χ0) is 12.3. The lowest BCUT2D eigenvalue weighted by Crippen LogP contribution is -2.12. The van der Waals surface area contributed by atoms with E-state index in [1.807, 2.05) is 0 Å². The molecule has 7 heteroatoms. The first-order chi connectivity index (χ1) is 8.15. The summed E-state index contributed by atoms with van der Waals surface area (Å²) >= 11 is 0. The maximum atomic E-state index is 10.9. The summed E-state index contributed by atoms with van der Waals surface area (Å²) < 4.78 is 0. The number of H-pyrrole nitrogens is 1. The Kier molecular flexibility index (Phi) is 2.82. The quantitative estimate of drug-likeness (QED) is 0.715. The van der Waals surface area contributed by atoms with Crippen LogP contribution in [0.5, 0.6) is 0 Å². The standard InChI is InChI=1S/C10H8N4O3/c15-8(16)6-2-1-3-7(4-6)13-9-11-5-12-10(17)14-9/h1-5H,(H,15,16)(H2,11,12,13,14,17). The van der Waals surface area contributed by atoms with Gasteiger partial charge in [0.15, 0.2) is 0 Å². The largest absolute Gasteiger partial charge is 0.478 e. The van der Waals surface area contributed by atoms with Crippen molar-refractivity contribution in [3.05, 3.63) is 46.6 Å². The Hall–Kier alpha value is -2.70. The molecule has 1 aromatic heterocycles. The van der Waals surface area contributed by atoms with E-state index in [2.05, 4.69) is 20.3 Å². The Morgan fingerprint density at radius 2 is 2.18 bits per heavy atom. The Morgan fingerprint density at radius 1 is 1.35 bits per heavy atom. The fourth-order valence-electron chi connectivity index (χ4n) is 1.24. The topological polar surface area (TPSA) is 108 Å². The number of aromatic nitrogens is 3. The highest BCUT2D eigenvalue weighted by atomic mass is 16.4. The van der Waals surface area contributed by atoms with Crippen LogP contribution in [0.15, 0.2) is 35.4 Å². The van der Waals surface area contributed by atoms with Gasteiger partial charge in [-0.25, -0.2) is 14.6 Å². The van der Waals surface area contributed by atoms with Crippen LogP contribution in [0.4, 0.5) is 11.6 Å². The SMILES string of the molecule is O=C(O)c1cccc(Nc2ncnc(=O)[nH]2)c1. The average molecular weight is 232 g/mol. The predicted octanol–water partition coefficient (Wildman–Crippen LogP) is 0.607. The highest BCUT2D eigenvalue weighted by Gasteiger charge is 2.03. The fraction of sp³-hybridized carbons (Fsp3) is 0. The molecule has 0 atom stereocenters. The van der Waals surface area contributed by atoms with Gasteiger partial charge >= 0.3 is 11.7 Å². The van der Waals surface area contributed by atoms with Crippen molar-refractivity contribution >= 4 is 17.6 Å². The zero-order valence-corrected chi connectivity index (χ0v) is 8.54. The van der Waals surface area contributed by atoms with Crippen molar-refractivity contribution in [1.82, 2.24) is 15.0 Å². The molecular weight excluding hydrogens is 224 g/mol. The maximum Gasteiger partial charge on any atom is 0.349 e. The molecule has 0 saturated carbocycles. The number of aromatic carboxylic acids is 1. The van der Waals surface area contributed by atoms with E-state index in [-0.39, 0.29) is 11.5 Å². The summed E-state index contributed by atoms with van der Waals surface area (Å²) in [7, 11) is 0. The molecule has 1 aromatic carbocycles. The summed E-state index contributed by atoms with van der Waals surface area (Å²) in [6.07, 6.45) is 1.11. The van der Waals surface area contributed by atoms with Crippen LogP contribution in [0, 0.1) is 0 Å². The number of nitrogens with one attached hydrogen (secondary N) is 2. The highest BCUT2D eigenvalue weighted by Crippen LogP contribution is 2.13. The van der Waals surface area contributed by atoms with E-state index in [4.69, 9.17) is 5.11 Å². The number of hydrogen-bond donors (Lipinski definition) is 3. The second kappa shape index (κ2) is 4.44. The predicted molar refractivity (Wildman–Crippen MR) is 59.3 cm³/mol. The van der Waals surface area contributed by atoms with Crippen LogP contribution >= 0.6 is 0 Å². The number of nitrogens with zero attached hydrogens (tertiary/aromatic N) is 2. The van der Waals surface area contributed by atoms with E-state index in [0.29, 0.717) is 5.69 Å². The smallest absolute Gasteiger partial charge is 0.349 e. The number of aromatic amines is 1. The molecule has 17 heavy (non-hydrogen) atoms. The maximum absolute atomic E-state index is 10.9. The van der Waals surface area contributed by atoms with E-state index in [1.165, 1.54) is 12.1 Å². The Balaban J connectivity index is 2.27. The molecule has 0 saturated heterocycles. The number of carboxylic acids is 1. The summed E-state index contributed by atoms with van der Waals surface area (Å²) in [6, 6.07) is 6.15. The molecule has 0 spiro atoms. The number of anilines is 2. The van der Waals surface area contributed by atoms with Crippen LogP contribution in [0.1, 0.15) is 10.4 Å². The normalized spacial score (nSPS) is 9.88. The van der Waals surface area contributed by atoms with Gasteiger partial charge in [-0.2, -0.15) is 4.98 Å². The van der Waals surface area contributed by atoms with Crippen LogP contribution in [0.3, 0.4) is 0 Å². The summed E-state index contributed by atoms with van der Waals surface area (Å²) in [5, 5.41) is 11.6. The third kappa shape index (κ3) is 2.65. The Labute approximate surface area is 95.2 Å². The van der Waals surface area contributed by atoms with Gasteiger partial charge < -0.3 is 10.4 Å². The van der Waals surface area contributed by atoms with Gasteiger partial charge in [0, 0.05) is 5.69 Å². The van der Waals surface area contributed by atoms with Crippen molar-refractivity contribution in [3.8, 4) is 0 Å². The minimum Gasteiger partial charge on any atom is -0.478 e. The molecule has 0 amide bonds. The number of benzene rings is 1. The fourth-order valence-corrected chi connectivity index (χ4v) is 1.24. The van der Waals surface area contributed by atoms with E-state index in [1.54, 1.807) is 12.1 Å². The van der Waals surface area contributed by atoms with E-state index in [9.17, 15) is 9.59 Å².